The molecule has 66 valence electrons. The number of hydroxylamine groups is 1. The van der Waals surface area contributed by atoms with Crippen molar-refractivity contribution in [3.8, 4) is 0 Å². The summed E-state index contributed by atoms with van der Waals surface area (Å²) in [5, 5.41) is 11.4. The molecule has 0 bridgehead atoms. The summed E-state index contributed by atoms with van der Waals surface area (Å²) < 4.78 is 0. The topological polar surface area (TPSA) is 87.7 Å². The lowest BCUT2D eigenvalue weighted by Crippen LogP contribution is -2.40. The highest BCUT2D eigenvalue weighted by Gasteiger charge is 2.49. The van der Waals surface area contributed by atoms with Gasteiger partial charge in [0, 0.05) is 6.54 Å². The van der Waals surface area contributed by atoms with Gasteiger partial charge in [0.2, 0.25) is 0 Å². The van der Waals surface area contributed by atoms with E-state index in [9.17, 15) is 9.59 Å². The number of rotatable bonds is 1. The van der Waals surface area contributed by atoms with Crippen LogP contribution < -0.4 is 10.8 Å². The first-order chi connectivity index (χ1) is 5.70. The van der Waals surface area contributed by atoms with Crippen molar-refractivity contribution in [2.45, 2.75) is 12.1 Å². The van der Waals surface area contributed by atoms with E-state index in [1.807, 2.05) is 0 Å². The number of nitrogens with one attached hydrogen (secondary N) is 2. The highest BCUT2D eigenvalue weighted by molar-refractivity contribution is 5.88. The average molecular weight is 172 g/mol. The van der Waals surface area contributed by atoms with Crippen LogP contribution in [0, 0.1) is 5.92 Å². The minimum absolute atomic E-state index is 0.335. The second-order valence-corrected chi connectivity index (χ2v) is 2.87. The minimum atomic E-state index is -1.01. The van der Waals surface area contributed by atoms with E-state index < -0.39 is 17.9 Å². The first-order valence-corrected chi connectivity index (χ1v) is 3.62. The number of carboxylic acid groups (broad SMARTS) is 1. The van der Waals surface area contributed by atoms with Gasteiger partial charge in [0.25, 0.3) is 5.91 Å². The Morgan fingerprint density at radius 1 is 1.67 bits per heavy atom. The van der Waals surface area contributed by atoms with E-state index in [1.165, 1.54) is 0 Å². The van der Waals surface area contributed by atoms with Gasteiger partial charge in [-0.15, -0.1) is 0 Å². The van der Waals surface area contributed by atoms with Crippen molar-refractivity contribution in [2.75, 3.05) is 6.54 Å². The summed E-state index contributed by atoms with van der Waals surface area (Å²) in [7, 11) is 0. The van der Waals surface area contributed by atoms with Crippen molar-refractivity contribution in [2.24, 2.45) is 5.92 Å². The van der Waals surface area contributed by atoms with E-state index in [-0.39, 0.29) is 12.0 Å². The number of hydrogen-bond acceptors (Lipinski definition) is 4. The van der Waals surface area contributed by atoms with E-state index >= 15 is 0 Å². The van der Waals surface area contributed by atoms with Crippen molar-refractivity contribution < 1.29 is 19.5 Å². The zero-order valence-electron chi connectivity index (χ0n) is 6.11. The van der Waals surface area contributed by atoms with E-state index in [0.29, 0.717) is 6.54 Å². The summed E-state index contributed by atoms with van der Waals surface area (Å²) in [5.74, 6) is -1.94. The van der Waals surface area contributed by atoms with Gasteiger partial charge < -0.3 is 10.4 Å². The quantitative estimate of drug-likeness (QED) is 0.429. The molecule has 0 saturated carbocycles. The standard InChI is InChI=1S/C6H8N2O4/c9-5-3-2(12-8-5)1-7-4(3)6(10)11/h2-4,7H,1H2,(H,8,9)(H,10,11)/t2?,3?,4-/m0/s1. The maximum atomic E-state index is 11.0. The van der Waals surface area contributed by atoms with Crippen molar-refractivity contribution in [1.82, 2.24) is 10.8 Å². The maximum Gasteiger partial charge on any atom is 0.321 e. The van der Waals surface area contributed by atoms with Crippen LogP contribution in [-0.4, -0.2) is 35.7 Å². The molecular formula is C6H8N2O4. The second-order valence-electron chi connectivity index (χ2n) is 2.87. The molecule has 2 saturated heterocycles. The number of carbonyl (C=O) groups is 2. The van der Waals surface area contributed by atoms with E-state index in [2.05, 4.69) is 10.8 Å². The third-order valence-electron chi connectivity index (χ3n) is 2.18. The molecule has 6 nitrogen and oxygen atoms in total. The molecule has 12 heavy (non-hydrogen) atoms. The second kappa shape index (κ2) is 2.43. The van der Waals surface area contributed by atoms with E-state index in [4.69, 9.17) is 9.94 Å². The van der Waals surface area contributed by atoms with Gasteiger partial charge in [-0.2, -0.15) is 0 Å². The van der Waals surface area contributed by atoms with Gasteiger partial charge in [-0.05, 0) is 0 Å². The van der Waals surface area contributed by atoms with Crippen LogP contribution in [0.1, 0.15) is 0 Å². The highest BCUT2D eigenvalue weighted by atomic mass is 16.7. The van der Waals surface area contributed by atoms with Crippen molar-refractivity contribution in [3.63, 3.8) is 0 Å². The molecule has 2 aliphatic rings. The molecule has 0 aromatic carbocycles. The van der Waals surface area contributed by atoms with Crippen LogP contribution >= 0.6 is 0 Å². The Morgan fingerprint density at radius 2 is 2.42 bits per heavy atom. The fourth-order valence-corrected chi connectivity index (χ4v) is 1.59. The molecule has 2 aliphatic heterocycles. The largest absolute Gasteiger partial charge is 0.480 e. The Kier molecular flexibility index (Phi) is 1.52. The van der Waals surface area contributed by atoms with Crippen LogP contribution in [0.4, 0.5) is 0 Å². The molecular weight excluding hydrogens is 164 g/mol. The van der Waals surface area contributed by atoms with Gasteiger partial charge in [0.1, 0.15) is 12.1 Å². The lowest BCUT2D eigenvalue weighted by atomic mass is 9.99. The number of carboxylic acids is 1. The Hall–Kier alpha value is -1.14. The van der Waals surface area contributed by atoms with Gasteiger partial charge in [0.05, 0.1) is 5.92 Å². The first-order valence-electron chi connectivity index (χ1n) is 3.62. The third-order valence-corrected chi connectivity index (χ3v) is 2.18. The molecule has 3 atom stereocenters. The maximum absolute atomic E-state index is 11.0. The van der Waals surface area contributed by atoms with Crippen LogP contribution in [0.25, 0.3) is 0 Å². The van der Waals surface area contributed by atoms with E-state index in [0.717, 1.165) is 0 Å². The monoisotopic (exact) mass is 172 g/mol. The van der Waals surface area contributed by atoms with Crippen molar-refractivity contribution >= 4 is 11.9 Å². The molecule has 2 unspecified atom stereocenters. The molecule has 0 aliphatic carbocycles. The molecule has 0 radical (unpaired) electrons. The molecule has 2 fully saturated rings. The van der Waals surface area contributed by atoms with Crippen LogP contribution in [-0.2, 0) is 14.4 Å². The molecule has 0 spiro atoms. The Labute approximate surface area is 67.8 Å². The number of carbonyl (C=O) groups excluding carboxylic acids is 1. The number of aliphatic carboxylic acids is 1. The zero-order valence-corrected chi connectivity index (χ0v) is 6.11. The third kappa shape index (κ3) is 0.886. The number of hydrogen-bond donors (Lipinski definition) is 3. The zero-order chi connectivity index (χ0) is 8.72. The summed E-state index contributed by atoms with van der Waals surface area (Å²) >= 11 is 0. The Balaban J connectivity index is 2.19. The molecule has 1 amide bonds. The van der Waals surface area contributed by atoms with Crippen LogP contribution in [0.5, 0.6) is 0 Å². The first kappa shape index (κ1) is 7.51. The smallest absolute Gasteiger partial charge is 0.321 e. The summed E-state index contributed by atoms with van der Waals surface area (Å²) in [6.45, 7) is 0.403. The van der Waals surface area contributed by atoms with Crippen LogP contribution in [0.3, 0.4) is 0 Å². The van der Waals surface area contributed by atoms with Gasteiger partial charge in [-0.1, -0.05) is 0 Å². The van der Waals surface area contributed by atoms with Gasteiger partial charge in [-0.3, -0.25) is 14.4 Å². The minimum Gasteiger partial charge on any atom is -0.480 e. The Bertz CT molecular complexity index is 242. The molecule has 6 heteroatoms. The summed E-state index contributed by atoms with van der Waals surface area (Å²) in [5.41, 5.74) is 2.16. The van der Waals surface area contributed by atoms with Gasteiger partial charge in [0.15, 0.2) is 0 Å². The average Bonchev–Trinajstić information content (AvgIpc) is 2.53. The highest BCUT2D eigenvalue weighted by Crippen LogP contribution is 2.23. The molecule has 0 aromatic heterocycles. The molecule has 2 rings (SSSR count). The fourth-order valence-electron chi connectivity index (χ4n) is 1.59. The lowest BCUT2D eigenvalue weighted by molar-refractivity contribution is -0.142. The normalized spacial score (nSPS) is 39.3. The predicted octanol–water partition coefficient (Wildman–Crippen LogP) is -1.91. The molecule has 3 N–H and O–H groups in total. The number of fused-ring (bicyclic) bond motifs is 1. The SMILES string of the molecule is O=C1NOC2CN[C@H](C(=O)O)C12. The van der Waals surface area contributed by atoms with Gasteiger partial charge >= 0.3 is 5.97 Å². The van der Waals surface area contributed by atoms with Crippen LogP contribution in [0.2, 0.25) is 0 Å². The van der Waals surface area contributed by atoms with E-state index in [1.54, 1.807) is 0 Å². The lowest BCUT2D eigenvalue weighted by Gasteiger charge is -2.08. The van der Waals surface area contributed by atoms with Crippen molar-refractivity contribution in [3.05, 3.63) is 0 Å². The summed E-state index contributed by atoms with van der Waals surface area (Å²) in [6.07, 6.45) is -0.335. The van der Waals surface area contributed by atoms with Crippen molar-refractivity contribution in [1.29, 1.82) is 0 Å². The summed E-state index contributed by atoms with van der Waals surface area (Å²) in [6, 6.07) is -0.808. The number of amides is 1. The molecule has 0 aromatic rings. The summed E-state index contributed by atoms with van der Waals surface area (Å²) in [4.78, 5) is 26.5. The Morgan fingerprint density at radius 3 is 3.08 bits per heavy atom. The fraction of sp³-hybridized carbons (Fsp3) is 0.667. The van der Waals surface area contributed by atoms with Gasteiger partial charge in [-0.25, -0.2) is 5.48 Å². The predicted molar refractivity (Wildman–Crippen MR) is 35.9 cm³/mol. The molecule has 2 heterocycles. The van der Waals surface area contributed by atoms with Crippen LogP contribution in [0.15, 0.2) is 0 Å².